The molecule has 1 aromatic rings. The van der Waals surface area contributed by atoms with Crippen molar-refractivity contribution in [2.24, 2.45) is 5.92 Å². The summed E-state index contributed by atoms with van der Waals surface area (Å²) in [6.45, 7) is 3.92. The molecule has 0 spiro atoms. The number of amides is 1. The number of fused-ring (bicyclic) bond motifs is 1. The van der Waals surface area contributed by atoms with Crippen LogP contribution in [-0.2, 0) is 4.79 Å². The van der Waals surface area contributed by atoms with Gasteiger partial charge < -0.3 is 15.3 Å². The molecule has 0 aromatic heterocycles. The minimum atomic E-state index is -0.638. The van der Waals surface area contributed by atoms with Crippen LogP contribution in [0.5, 0.6) is 0 Å². The number of hydrogen-bond donors (Lipinski definition) is 3. The first-order chi connectivity index (χ1) is 12.0. The number of rotatable bonds is 5. The summed E-state index contributed by atoms with van der Waals surface area (Å²) in [4.78, 5) is 13.5. The Morgan fingerprint density at radius 2 is 2.08 bits per heavy atom. The van der Waals surface area contributed by atoms with Crippen molar-refractivity contribution in [3.8, 4) is 0 Å². The number of piperidine rings is 1. The third-order valence-electron chi connectivity index (χ3n) is 5.98. The van der Waals surface area contributed by atoms with E-state index in [0.29, 0.717) is 13.1 Å². The van der Waals surface area contributed by atoms with Gasteiger partial charge in [0, 0.05) is 24.4 Å². The number of carbonyl (C=O) groups excluding carboxylic acids is 1. The van der Waals surface area contributed by atoms with Crippen LogP contribution in [0.4, 0.5) is 4.39 Å². The van der Waals surface area contributed by atoms with Crippen LogP contribution in [-0.4, -0.2) is 36.2 Å². The van der Waals surface area contributed by atoms with E-state index in [4.69, 9.17) is 0 Å². The van der Waals surface area contributed by atoms with E-state index >= 15 is 0 Å². The van der Waals surface area contributed by atoms with Gasteiger partial charge in [0.1, 0.15) is 11.9 Å². The van der Waals surface area contributed by atoms with E-state index in [1.165, 1.54) is 17.0 Å². The second-order valence-corrected chi connectivity index (χ2v) is 7.67. The molecule has 0 radical (unpaired) electrons. The summed E-state index contributed by atoms with van der Waals surface area (Å²) in [7, 11) is 0. The fraction of sp³-hybridized carbons (Fsp3) is 0.650. The van der Waals surface area contributed by atoms with Crippen molar-refractivity contribution >= 4 is 5.91 Å². The van der Waals surface area contributed by atoms with Crippen LogP contribution in [0.2, 0.25) is 0 Å². The largest absolute Gasteiger partial charge is 0.389 e. The van der Waals surface area contributed by atoms with E-state index in [-0.39, 0.29) is 23.7 Å². The molecule has 1 aliphatic heterocycles. The highest BCUT2D eigenvalue weighted by molar-refractivity contribution is 5.76. The normalized spacial score (nSPS) is 32.0. The molecule has 2 fully saturated rings. The summed E-state index contributed by atoms with van der Waals surface area (Å²) in [5.74, 6) is -0.0552. The lowest BCUT2D eigenvalue weighted by Gasteiger charge is -2.50. The van der Waals surface area contributed by atoms with Crippen LogP contribution in [0, 0.1) is 11.7 Å². The summed E-state index contributed by atoms with van der Waals surface area (Å²) in [6, 6.07) is 6.67. The lowest BCUT2D eigenvalue weighted by molar-refractivity contribution is -0.937. The predicted molar refractivity (Wildman–Crippen MR) is 94.7 cm³/mol. The lowest BCUT2D eigenvalue weighted by Crippen LogP contribution is -3.16. The number of aliphatic hydroxyl groups is 1. The van der Waals surface area contributed by atoms with Crippen LogP contribution >= 0.6 is 0 Å². The number of carbonyl (C=O) groups is 1. The second kappa shape index (κ2) is 7.83. The number of halogens is 1. The predicted octanol–water partition coefficient (Wildman–Crippen LogP) is 1.60. The summed E-state index contributed by atoms with van der Waals surface area (Å²) in [5, 5.41) is 14.1. The van der Waals surface area contributed by atoms with E-state index in [1.807, 2.05) is 19.1 Å². The van der Waals surface area contributed by atoms with Gasteiger partial charge in [-0.2, -0.15) is 0 Å². The molecule has 3 N–H and O–H groups in total. The molecule has 1 amide bonds. The van der Waals surface area contributed by atoms with Gasteiger partial charge in [-0.25, -0.2) is 4.39 Å². The van der Waals surface area contributed by atoms with Crippen molar-refractivity contribution < 1.29 is 19.2 Å². The Balaban J connectivity index is 1.85. The first kappa shape index (κ1) is 18.3. The smallest absolute Gasteiger partial charge is 0.275 e. The SMILES string of the molecule is CCCNC(=O)C[NH+]1CC[C@]2(O)CCCC[C@@H]2[C@@H]1c1ccc(F)cc1. The molecule has 1 heterocycles. The van der Waals surface area contributed by atoms with Crippen molar-refractivity contribution in [1.82, 2.24) is 5.32 Å². The molecule has 3 rings (SSSR count). The van der Waals surface area contributed by atoms with Gasteiger partial charge in [-0.1, -0.05) is 31.9 Å². The van der Waals surface area contributed by atoms with Gasteiger partial charge in [0.05, 0.1) is 12.1 Å². The Labute approximate surface area is 149 Å². The number of hydrogen-bond acceptors (Lipinski definition) is 2. The fourth-order valence-corrected chi connectivity index (χ4v) is 4.72. The van der Waals surface area contributed by atoms with E-state index in [1.54, 1.807) is 0 Å². The van der Waals surface area contributed by atoms with Crippen LogP contribution in [0.3, 0.4) is 0 Å². The minimum Gasteiger partial charge on any atom is -0.389 e. The molecule has 25 heavy (non-hydrogen) atoms. The molecular weight excluding hydrogens is 319 g/mol. The van der Waals surface area contributed by atoms with Gasteiger partial charge in [-0.15, -0.1) is 0 Å². The van der Waals surface area contributed by atoms with E-state index in [2.05, 4.69) is 5.32 Å². The zero-order chi connectivity index (χ0) is 17.9. The minimum absolute atomic E-state index is 0.0482. The molecule has 1 saturated carbocycles. The fourth-order valence-electron chi connectivity index (χ4n) is 4.72. The molecule has 4 nitrogen and oxygen atoms in total. The van der Waals surface area contributed by atoms with Crippen LogP contribution in [0.15, 0.2) is 24.3 Å². The number of likely N-dealkylation sites (tertiary alicyclic amines) is 1. The standard InChI is InChI=1S/C20H29FN2O2/c1-2-12-22-18(24)14-23-13-11-20(25)10-4-3-5-17(20)19(23)15-6-8-16(21)9-7-15/h6-9,17,19,25H,2-5,10-14H2,1H3,(H,22,24)/p+1/t17-,19+,20-/m1/s1. The first-order valence-electron chi connectivity index (χ1n) is 9.62. The van der Waals surface area contributed by atoms with Gasteiger partial charge >= 0.3 is 0 Å². The molecule has 1 unspecified atom stereocenters. The van der Waals surface area contributed by atoms with E-state index in [0.717, 1.165) is 50.6 Å². The number of quaternary nitrogens is 1. The Morgan fingerprint density at radius 3 is 2.80 bits per heavy atom. The zero-order valence-electron chi connectivity index (χ0n) is 15.1. The van der Waals surface area contributed by atoms with Crippen molar-refractivity contribution in [3.63, 3.8) is 0 Å². The Bertz CT molecular complexity index is 592. The average Bonchev–Trinajstić information content (AvgIpc) is 2.61. The maximum absolute atomic E-state index is 13.4. The molecule has 0 bridgehead atoms. The molecule has 1 aliphatic carbocycles. The zero-order valence-corrected chi connectivity index (χ0v) is 15.1. The average molecular weight is 349 g/mol. The van der Waals surface area contributed by atoms with Crippen LogP contribution < -0.4 is 10.2 Å². The first-order valence-corrected chi connectivity index (χ1v) is 9.62. The molecule has 2 aliphatic rings. The van der Waals surface area contributed by atoms with Crippen molar-refractivity contribution in [2.75, 3.05) is 19.6 Å². The molecular formula is C20H30FN2O2+. The monoisotopic (exact) mass is 349 g/mol. The maximum atomic E-state index is 13.4. The lowest BCUT2D eigenvalue weighted by atomic mass is 9.66. The maximum Gasteiger partial charge on any atom is 0.275 e. The van der Waals surface area contributed by atoms with Gasteiger partial charge in [0.25, 0.3) is 5.91 Å². The Morgan fingerprint density at radius 1 is 1.32 bits per heavy atom. The van der Waals surface area contributed by atoms with Crippen molar-refractivity contribution in [3.05, 3.63) is 35.6 Å². The summed E-state index contributed by atoms with van der Waals surface area (Å²) >= 11 is 0. The van der Waals surface area contributed by atoms with Gasteiger partial charge in [0.15, 0.2) is 6.54 Å². The highest BCUT2D eigenvalue weighted by atomic mass is 19.1. The third-order valence-corrected chi connectivity index (χ3v) is 5.98. The van der Waals surface area contributed by atoms with Crippen molar-refractivity contribution in [2.45, 2.75) is 57.1 Å². The van der Waals surface area contributed by atoms with Crippen LogP contribution in [0.25, 0.3) is 0 Å². The number of benzene rings is 1. The van der Waals surface area contributed by atoms with E-state index < -0.39 is 5.60 Å². The Hall–Kier alpha value is -1.46. The molecule has 4 atom stereocenters. The quantitative estimate of drug-likeness (QED) is 0.756. The second-order valence-electron chi connectivity index (χ2n) is 7.67. The summed E-state index contributed by atoms with van der Waals surface area (Å²) in [5.41, 5.74) is 0.394. The van der Waals surface area contributed by atoms with Gasteiger partial charge in [0.2, 0.25) is 0 Å². The third kappa shape index (κ3) is 4.04. The van der Waals surface area contributed by atoms with Crippen molar-refractivity contribution in [1.29, 1.82) is 0 Å². The molecule has 1 saturated heterocycles. The molecule has 5 heteroatoms. The topological polar surface area (TPSA) is 53.8 Å². The number of nitrogens with one attached hydrogen (secondary N) is 2. The van der Waals surface area contributed by atoms with Gasteiger partial charge in [-0.05, 0) is 31.4 Å². The summed E-state index contributed by atoms with van der Waals surface area (Å²) < 4.78 is 13.4. The van der Waals surface area contributed by atoms with Gasteiger partial charge in [-0.3, -0.25) is 4.79 Å². The Kier molecular flexibility index (Phi) is 5.74. The highest BCUT2D eigenvalue weighted by Gasteiger charge is 2.51. The molecule has 1 aromatic carbocycles. The van der Waals surface area contributed by atoms with Crippen LogP contribution in [0.1, 0.15) is 57.1 Å². The molecule has 138 valence electrons. The van der Waals surface area contributed by atoms with E-state index in [9.17, 15) is 14.3 Å². The highest BCUT2D eigenvalue weighted by Crippen LogP contribution is 2.43. The summed E-state index contributed by atoms with van der Waals surface area (Å²) in [6.07, 6.45) is 5.65.